The smallest absolute Gasteiger partial charge is 0.303 e. The largest absolute Gasteiger partial charge is 0.481 e. The fraction of sp³-hybridized carbons (Fsp3) is 0.514. The molecular weight excluding hydrogens is 602 g/mol. The van der Waals surface area contributed by atoms with Crippen LogP contribution in [0, 0.1) is 46.4 Å². The summed E-state index contributed by atoms with van der Waals surface area (Å²) in [5.41, 5.74) is 11.7. The lowest BCUT2D eigenvalue weighted by atomic mass is 9.72. The highest BCUT2D eigenvalue weighted by atomic mass is 19.1. The fourth-order valence-electron chi connectivity index (χ4n) is 7.13. The summed E-state index contributed by atoms with van der Waals surface area (Å²) in [5, 5.41) is 12.5. The van der Waals surface area contributed by atoms with Crippen molar-refractivity contribution in [2.45, 2.75) is 98.2 Å². The van der Waals surface area contributed by atoms with Gasteiger partial charge in [0.2, 0.25) is 5.91 Å². The zero-order chi connectivity index (χ0) is 34.8. The standard InChI is InChI=1S/C34H42F2N4O2.C3H6O2/c1-7-34(33(37)42,40-29(41)15-20(3)28(38-40)10-11-39-17-26(35)18-39)31(24-8-9-24)27-16-25(14-23(6)32(27)36)30-21(4)12-19(2)13-22(30)5;1-2-3(4)5/h12-16,24,26,31H,7-11,17-18H2,1-6H3,(H2,37,42);2H2,1H3,(H,4,5)/t31-,34-;/m0./s1. The van der Waals surface area contributed by atoms with E-state index in [1.54, 1.807) is 13.8 Å². The van der Waals surface area contributed by atoms with Gasteiger partial charge in [0.15, 0.2) is 5.54 Å². The maximum atomic E-state index is 16.3. The van der Waals surface area contributed by atoms with E-state index in [1.807, 2.05) is 30.9 Å². The fourth-order valence-corrected chi connectivity index (χ4v) is 7.13. The summed E-state index contributed by atoms with van der Waals surface area (Å²) in [7, 11) is 0. The minimum Gasteiger partial charge on any atom is -0.481 e. The van der Waals surface area contributed by atoms with Crippen LogP contribution in [0.15, 0.2) is 35.1 Å². The van der Waals surface area contributed by atoms with Crippen molar-refractivity contribution in [2.24, 2.45) is 11.7 Å². The number of carbonyl (C=O) groups is 2. The summed E-state index contributed by atoms with van der Waals surface area (Å²) < 4.78 is 30.9. The second-order valence-electron chi connectivity index (χ2n) is 13.3. The Morgan fingerprint density at radius 2 is 1.60 bits per heavy atom. The number of benzene rings is 2. The van der Waals surface area contributed by atoms with Crippen LogP contribution in [0.4, 0.5) is 8.78 Å². The van der Waals surface area contributed by atoms with Crippen LogP contribution in [0.25, 0.3) is 11.1 Å². The molecule has 0 radical (unpaired) electrons. The number of amides is 1. The molecule has 0 unspecified atom stereocenters. The minimum atomic E-state index is -1.56. The Morgan fingerprint density at radius 1 is 1.00 bits per heavy atom. The number of rotatable bonds is 11. The summed E-state index contributed by atoms with van der Waals surface area (Å²) in [6, 6.07) is 9.44. The van der Waals surface area contributed by atoms with Crippen LogP contribution in [0.2, 0.25) is 0 Å². The molecule has 2 aromatic carbocycles. The van der Waals surface area contributed by atoms with Crippen molar-refractivity contribution in [3.63, 3.8) is 0 Å². The predicted molar refractivity (Wildman–Crippen MR) is 180 cm³/mol. The van der Waals surface area contributed by atoms with Crippen molar-refractivity contribution in [2.75, 3.05) is 19.6 Å². The molecule has 1 aromatic heterocycles. The molecule has 47 heavy (non-hydrogen) atoms. The van der Waals surface area contributed by atoms with Crippen molar-refractivity contribution in [1.29, 1.82) is 0 Å². The molecule has 1 saturated heterocycles. The molecule has 10 heteroatoms. The average molecular weight is 651 g/mol. The van der Waals surface area contributed by atoms with Crippen molar-refractivity contribution < 1.29 is 23.5 Å². The number of aryl methyl sites for hydroxylation is 5. The Hall–Kier alpha value is -3.92. The van der Waals surface area contributed by atoms with E-state index >= 15 is 4.39 Å². The summed E-state index contributed by atoms with van der Waals surface area (Å²) >= 11 is 0. The van der Waals surface area contributed by atoms with Crippen LogP contribution >= 0.6 is 0 Å². The number of aliphatic carboxylic acids is 1. The van der Waals surface area contributed by atoms with E-state index < -0.39 is 35.1 Å². The van der Waals surface area contributed by atoms with Crippen LogP contribution in [-0.2, 0) is 21.5 Å². The van der Waals surface area contributed by atoms with Gasteiger partial charge in [-0.1, -0.05) is 31.5 Å². The van der Waals surface area contributed by atoms with Gasteiger partial charge in [-0.3, -0.25) is 19.3 Å². The molecule has 0 spiro atoms. The molecule has 2 fully saturated rings. The third-order valence-electron chi connectivity index (χ3n) is 9.64. The SMILES string of the molecule is CCC(=O)O.CC[C@@](C(N)=O)([C@H](c1cc(-c2c(C)cc(C)cc2C)cc(C)c1F)C1CC1)n1nc(CCN2CC(F)C2)c(C)cc1=O. The van der Waals surface area contributed by atoms with Gasteiger partial charge in [0, 0.05) is 44.5 Å². The van der Waals surface area contributed by atoms with Gasteiger partial charge in [-0.25, -0.2) is 13.5 Å². The monoisotopic (exact) mass is 650 g/mol. The highest BCUT2D eigenvalue weighted by molar-refractivity contribution is 5.84. The number of hydrogen-bond acceptors (Lipinski definition) is 5. The molecule has 5 rings (SSSR count). The molecule has 1 aliphatic heterocycles. The minimum absolute atomic E-state index is 0.0251. The normalized spacial score (nSPS) is 16.9. The Labute approximate surface area is 276 Å². The van der Waals surface area contributed by atoms with E-state index in [4.69, 9.17) is 15.9 Å². The van der Waals surface area contributed by atoms with E-state index in [0.29, 0.717) is 48.4 Å². The average Bonchev–Trinajstić information content (AvgIpc) is 3.81. The van der Waals surface area contributed by atoms with Crippen LogP contribution in [0.1, 0.15) is 84.5 Å². The summed E-state index contributed by atoms with van der Waals surface area (Å²) in [5.74, 6) is -2.52. The number of aromatic nitrogens is 2. The third kappa shape index (κ3) is 7.48. The Kier molecular flexibility index (Phi) is 11.1. The van der Waals surface area contributed by atoms with Gasteiger partial charge in [-0.15, -0.1) is 0 Å². The first kappa shape index (κ1) is 35.9. The van der Waals surface area contributed by atoms with Gasteiger partial charge >= 0.3 is 5.97 Å². The highest BCUT2D eigenvalue weighted by Crippen LogP contribution is 2.53. The molecule has 3 aromatic rings. The van der Waals surface area contributed by atoms with E-state index in [2.05, 4.69) is 32.9 Å². The number of alkyl halides is 1. The Bertz CT molecular complexity index is 1690. The summed E-state index contributed by atoms with van der Waals surface area (Å²) in [4.78, 5) is 38.6. The first-order valence-corrected chi connectivity index (χ1v) is 16.5. The molecule has 2 heterocycles. The quantitative estimate of drug-likeness (QED) is 0.261. The molecular formula is C37H48F2N4O4. The first-order chi connectivity index (χ1) is 22.1. The Morgan fingerprint density at radius 3 is 2.09 bits per heavy atom. The number of hydrogen-bond donors (Lipinski definition) is 2. The van der Waals surface area contributed by atoms with Crippen molar-refractivity contribution in [3.8, 4) is 11.1 Å². The van der Waals surface area contributed by atoms with Crippen molar-refractivity contribution >= 4 is 11.9 Å². The summed E-state index contributed by atoms with van der Waals surface area (Å²) in [6.07, 6.45) is 1.70. The van der Waals surface area contributed by atoms with E-state index in [9.17, 15) is 18.8 Å². The lowest BCUT2D eigenvalue weighted by Gasteiger charge is -2.39. The zero-order valence-electron chi connectivity index (χ0n) is 28.6. The molecule has 3 N–H and O–H groups in total. The molecule has 1 saturated carbocycles. The number of likely N-dealkylation sites (tertiary alicyclic amines) is 1. The lowest BCUT2D eigenvalue weighted by Crippen LogP contribution is -2.56. The van der Waals surface area contributed by atoms with Crippen molar-refractivity contribution in [3.05, 3.63) is 85.6 Å². The van der Waals surface area contributed by atoms with Gasteiger partial charge in [0.05, 0.1) is 5.69 Å². The van der Waals surface area contributed by atoms with E-state index in [1.165, 1.54) is 10.7 Å². The number of carbonyl (C=O) groups excluding carboxylic acids is 1. The van der Waals surface area contributed by atoms with Crippen LogP contribution < -0.4 is 11.3 Å². The maximum absolute atomic E-state index is 16.3. The molecule has 1 aliphatic carbocycles. The number of halogens is 2. The van der Waals surface area contributed by atoms with Crippen LogP contribution in [-0.4, -0.2) is 57.5 Å². The molecule has 8 nitrogen and oxygen atoms in total. The number of carboxylic acids is 1. The first-order valence-electron chi connectivity index (χ1n) is 16.5. The van der Waals surface area contributed by atoms with Gasteiger partial charge in [-0.2, -0.15) is 5.10 Å². The van der Waals surface area contributed by atoms with Gasteiger partial charge in [0.1, 0.15) is 12.0 Å². The number of carboxylic acid groups (broad SMARTS) is 1. The molecule has 0 bridgehead atoms. The number of primary amides is 1. The van der Waals surface area contributed by atoms with E-state index in [-0.39, 0.29) is 24.6 Å². The molecule has 2 atom stereocenters. The van der Waals surface area contributed by atoms with Crippen LogP contribution in [0.3, 0.4) is 0 Å². The maximum Gasteiger partial charge on any atom is 0.303 e. The zero-order valence-corrected chi connectivity index (χ0v) is 28.6. The van der Waals surface area contributed by atoms with Crippen LogP contribution in [0.5, 0.6) is 0 Å². The van der Waals surface area contributed by atoms with Gasteiger partial charge in [-0.05, 0) is 111 Å². The third-order valence-corrected chi connectivity index (χ3v) is 9.64. The second kappa shape index (κ2) is 14.5. The van der Waals surface area contributed by atoms with Gasteiger partial charge in [0.25, 0.3) is 5.56 Å². The van der Waals surface area contributed by atoms with E-state index in [0.717, 1.165) is 40.7 Å². The molecule has 1 amide bonds. The number of nitrogens with two attached hydrogens (primary N) is 1. The second-order valence-corrected chi connectivity index (χ2v) is 13.3. The summed E-state index contributed by atoms with van der Waals surface area (Å²) in [6.45, 7) is 14.5. The lowest BCUT2D eigenvalue weighted by molar-refractivity contribution is -0.136. The Balaban J connectivity index is 0.000000930. The molecule has 254 valence electrons. The number of nitrogens with zero attached hydrogens (tertiary/aromatic N) is 3. The van der Waals surface area contributed by atoms with Crippen molar-refractivity contribution in [1.82, 2.24) is 14.7 Å². The molecule has 2 aliphatic rings. The highest BCUT2D eigenvalue weighted by Gasteiger charge is 2.54. The van der Waals surface area contributed by atoms with Gasteiger partial charge < -0.3 is 10.8 Å². The topological polar surface area (TPSA) is 119 Å². The predicted octanol–water partition coefficient (Wildman–Crippen LogP) is 6.05.